The van der Waals surface area contributed by atoms with Gasteiger partial charge in [0.15, 0.2) is 0 Å². The summed E-state index contributed by atoms with van der Waals surface area (Å²) >= 11 is 0. The highest BCUT2D eigenvalue weighted by molar-refractivity contribution is 5.08. The van der Waals surface area contributed by atoms with E-state index in [2.05, 4.69) is 22.4 Å². The van der Waals surface area contributed by atoms with Gasteiger partial charge in [0.25, 0.3) is 0 Å². The molecule has 0 bridgehead atoms. The van der Waals surface area contributed by atoms with Crippen molar-refractivity contribution in [2.75, 3.05) is 6.54 Å². The van der Waals surface area contributed by atoms with Crippen molar-refractivity contribution in [3.05, 3.63) is 17.5 Å². The molecule has 0 radical (unpaired) electrons. The number of aromatic nitrogens is 2. The average molecular weight is 205 g/mol. The van der Waals surface area contributed by atoms with E-state index < -0.39 is 0 Å². The number of hydrogen-bond acceptors (Lipinski definition) is 2. The number of hydrogen-bond donors (Lipinski definition) is 1. The largest absolute Gasteiger partial charge is 0.311 e. The molecule has 3 nitrogen and oxygen atoms in total. The lowest BCUT2D eigenvalue weighted by Gasteiger charge is -2.03. The zero-order valence-corrected chi connectivity index (χ0v) is 9.58. The quantitative estimate of drug-likeness (QED) is 0.565. The van der Waals surface area contributed by atoms with Crippen LogP contribution in [0.3, 0.4) is 0 Å². The van der Waals surface area contributed by atoms with Gasteiger partial charge in [-0.2, -0.15) is 5.10 Å². The molecule has 0 aliphatic rings. The van der Waals surface area contributed by atoms with Crippen LogP contribution in [0.4, 0.5) is 0 Å². The third-order valence-electron chi connectivity index (χ3n) is 2.33. The maximum absolute atomic E-state index is 5.17. The summed E-state index contributed by atoms with van der Waals surface area (Å²) in [5.41, 5.74) is 2.30. The maximum atomic E-state index is 5.17. The van der Waals surface area contributed by atoms with E-state index in [0.717, 1.165) is 38.0 Å². The van der Waals surface area contributed by atoms with E-state index in [4.69, 9.17) is 6.42 Å². The fraction of sp³-hybridized carbons (Fsp3) is 0.583. The van der Waals surface area contributed by atoms with E-state index in [0.29, 0.717) is 0 Å². The number of aryl methyl sites for hydroxylation is 2. The molecule has 0 fully saturated rings. The van der Waals surface area contributed by atoms with Crippen LogP contribution in [0, 0.1) is 19.3 Å². The van der Waals surface area contributed by atoms with Crippen LogP contribution >= 0.6 is 0 Å². The first-order valence-electron chi connectivity index (χ1n) is 5.37. The fourth-order valence-corrected chi connectivity index (χ4v) is 1.52. The van der Waals surface area contributed by atoms with Crippen LogP contribution in [0.2, 0.25) is 0 Å². The van der Waals surface area contributed by atoms with E-state index in [-0.39, 0.29) is 0 Å². The monoisotopic (exact) mass is 205 g/mol. The molecule has 0 aliphatic heterocycles. The van der Waals surface area contributed by atoms with Crippen LogP contribution in [0.1, 0.15) is 30.7 Å². The topological polar surface area (TPSA) is 29.9 Å². The molecule has 0 spiro atoms. The Morgan fingerprint density at radius 3 is 2.93 bits per heavy atom. The predicted octanol–water partition coefficient (Wildman–Crippen LogP) is 1.62. The second kappa shape index (κ2) is 6.26. The van der Waals surface area contributed by atoms with Crippen LogP contribution in [-0.4, -0.2) is 16.3 Å². The lowest BCUT2D eigenvalue weighted by atomic mass is 10.2. The molecule has 0 unspecified atom stereocenters. The molecule has 0 aromatic carbocycles. The van der Waals surface area contributed by atoms with Crippen molar-refractivity contribution >= 4 is 0 Å². The Labute approximate surface area is 91.9 Å². The van der Waals surface area contributed by atoms with Gasteiger partial charge in [0, 0.05) is 20.0 Å². The van der Waals surface area contributed by atoms with E-state index in [1.165, 1.54) is 5.69 Å². The molecule has 1 aromatic rings. The minimum absolute atomic E-state index is 0.881. The first kappa shape index (κ1) is 11.8. The molecule has 0 saturated heterocycles. The number of unbranched alkanes of at least 4 members (excludes halogenated alkanes) is 2. The van der Waals surface area contributed by atoms with Crippen LogP contribution in [-0.2, 0) is 13.6 Å². The van der Waals surface area contributed by atoms with Crippen molar-refractivity contribution in [3.63, 3.8) is 0 Å². The van der Waals surface area contributed by atoms with Crippen molar-refractivity contribution in [3.8, 4) is 12.3 Å². The highest BCUT2D eigenvalue weighted by atomic mass is 15.3. The minimum Gasteiger partial charge on any atom is -0.311 e. The van der Waals surface area contributed by atoms with E-state index >= 15 is 0 Å². The minimum atomic E-state index is 0.881. The maximum Gasteiger partial charge on any atom is 0.0597 e. The van der Waals surface area contributed by atoms with Crippen LogP contribution in [0.5, 0.6) is 0 Å². The molecule has 0 aliphatic carbocycles. The summed E-state index contributed by atoms with van der Waals surface area (Å²) in [6.07, 6.45) is 8.30. The Kier molecular flexibility index (Phi) is 4.92. The van der Waals surface area contributed by atoms with Gasteiger partial charge in [0.05, 0.1) is 11.4 Å². The summed E-state index contributed by atoms with van der Waals surface area (Å²) in [5, 5.41) is 7.67. The van der Waals surface area contributed by atoms with Gasteiger partial charge in [0.2, 0.25) is 0 Å². The Morgan fingerprint density at radius 2 is 2.33 bits per heavy atom. The molecule has 0 amide bonds. The van der Waals surface area contributed by atoms with Crippen molar-refractivity contribution in [2.24, 2.45) is 7.05 Å². The van der Waals surface area contributed by atoms with Crippen molar-refractivity contribution in [2.45, 2.75) is 32.7 Å². The van der Waals surface area contributed by atoms with Gasteiger partial charge in [-0.05, 0) is 32.4 Å². The summed E-state index contributed by atoms with van der Waals surface area (Å²) in [5.74, 6) is 2.65. The van der Waals surface area contributed by atoms with Crippen molar-refractivity contribution in [1.82, 2.24) is 15.1 Å². The number of rotatable bonds is 6. The first-order valence-corrected chi connectivity index (χ1v) is 5.37. The first-order chi connectivity index (χ1) is 7.24. The Morgan fingerprint density at radius 1 is 1.53 bits per heavy atom. The third kappa shape index (κ3) is 4.18. The number of nitrogens with zero attached hydrogens (tertiary/aromatic N) is 2. The molecule has 1 aromatic heterocycles. The summed E-state index contributed by atoms with van der Waals surface area (Å²) in [7, 11) is 1.97. The summed E-state index contributed by atoms with van der Waals surface area (Å²) in [6.45, 7) is 3.91. The molecular formula is C12H19N3. The Balaban J connectivity index is 2.15. The number of terminal acetylenes is 1. The third-order valence-corrected chi connectivity index (χ3v) is 2.33. The molecule has 0 atom stereocenters. The zero-order chi connectivity index (χ0) is 11.1. The second-order valence-corrected chi connectivity index (χ2v) is 3.74. The molecule has 3 heteroatoms. The van der Waals surface area contributed by atoms with Crippen LogP contribution in [0.25, 0.3) is 0 Å². The lowest BCUT2D eigenvalue weighted by Crippen LogP contribution is -2.16. The molecule has 82 valence electrons. The summed E-state index contributed by atoms with van der Waals surface area (Å²) < 4.78 is 1.92. The highest BCUT2D eigenvalue weighted by Gasteiger charge is 2.00. The molecule has 0 saturated carbocycles. The molecular weight excluding hydrogens is 186 g/mol. The molecule has 1 N–H and O–H groups in total. The highest BCUT2D eigenvalue weighted by Crippen LogP contribution is 2.01. The lowest BCUT2D eigenvalue weighted by molar-refractivity contribution is 0.595. The van der Waals surface area contributed by atoms with E-state index in [1.54, 1.807) is 0 Å². The normalized spacial score (nSPS) is 10.2. The molecule has 15 heavy (non-hydrogen) atoms. The fourth-order valence-electron chi connectivity index (χ4n) is 1.52. The van der Waals surface area contributed by atoms with Gasteiger partial charge in [-0.3, -0.25) is 4.68 Å². The zero-order valence-electron chi connectivity index (χ0n) is 9.58. The smallest absolute Gasteiger partial charge is 0.0597 e. The van der Waals surface area contributed by atoms with Gasteiger partial charge < -0.3 is 5.32 Å². The van der Waals surface area contributed by atoms with Gasteiger partial charge in [-0.25, -0.2) is 0 Å². The molecule has 1 rings (SSSR count). The van der Waals surface area contributed by atoms with E-state index in [1.807, 2.05) is 18.7 Å². The Bertz CT molecular complexity index is 333. The SMILES string of the molecule is C#CCCCCNCc1cc(C)nn1C. The average Bonchev–Trinajstić information content (AvgIpc) is 2.51. The van der Waals surface area contributed by atoms with Gasteiger partial charge in [-0.1, -0.05) is 0 Å². The van der Waals surface area contributed by atoms with Gasteiger partial charge in [-0.15, -0.1) is 12.3 Å². The Hall–Kier alpha value is -1.27. The van der Waals surface area contributed by atoms with Gasteiger partial charge in [0.1, 0.15) is 0 Å². The summed E-state index contributed by atoms with van der Waals surface area (Å²) in [6, 6.07) is 2.11. The summed E-state index contributed by atoms with van der Waals surface area (Å²) in [4.78, 5) is 0. The second-order valence-electron chi connectivity index (χ2n) is 3.74. The van der Waals surface area contributed by atoms with Crippen molar-refractivity contribution < 1.29 is 0 Å². The van der Waals surface area contributed by atoms with Crippen LogP contribution < -0.4 is 5.32 Å². The predicted molar refractivity (Wildman–Crippen MR) is 62.3 cm³/mol. The van der Waals surface area contributed by atoms with Gasteiger partial charge >= 0.3 is 0 Å². The van der Waals surface area contributed by atoms with Crippen LogP contribution in [0.15, 0.2) is 6.07 Å². The standard InChI is InChI=1S/C12H19N3/c1-4-5-6-7-8-13-10-12-9-11(2)14-15(12)3/h1,9,13H,5-8,10H2,2-3H3. The number of nitrogens with one attached hydrogen (secondary N) is 1. The van der Waals surface area contributed by atoms with Crippen molar-refractivity contribution in [1.29, 1.82) is 0 Å². The van der Waals surface area contributed by atoms with E-state index in [9.17, 15) is 0 Å². The molecule has 1 heterocycles.